The third kappa shape index (κ3) is 1.61. The van der Waals surface area contributed by atoms with E-state index in [1.165, 1.54) is 24.8 Å². The van der Waals surface area contributed by atoms with Gasteiger partial charge in [0.1, 0.15) is 0 Å². The molecule has 0 bridgehead atoms. The minimum absolute atomic E-state index is 0.137. The van der Waals surface area contributed by atoms with E-state index >= 15 is 0 Å². The Morgan fingerprint density at radius 1 is 1.25 bits per heavy atom. The number of H-pyrrole nitrogens is 2. The zero-order valence-electron chi connectivity index (χ0n) is 8.79. The first kappa shape index (κ1) is 10.1. The van der Waals surface area contributed by atoms with Crippen molar-refractivity contribution in [2.24, 2.45) is 5.92 Å². The Balaban J connectivity index is 2.00. The van der Waals surface area contributed by atoms with Gasteiger partial charge in [-0.25, -0.2) is 4.79 Å². The second kappa shape index (κ2) is 3.77. The molecule has 1 saturated carbocycles. The van der Waals surface area contributed by atoms with Crippen molar-refractivity contribution in [2.45, 2.75) is 24.1 Å². The first-order valence-corrected chi connectivity index (χ1v) is 6.51. The summed E-state index contributed by atoms with van der Waals surface area (Å²) in [5.41, 5.74) is 2.89. The summed E-state index contributed by atoms with van der Waals surface area (Å²) in [7, 11) is 0. The van der Waals surface area contributed by atoms with Gasteiger partial charge in [0.15, 0.2) is 0 Å². The van der Waals surface area contributed by atoms with Crippen LogP contribution in [0.2, 0.25) is 0 Å². The van der Waals surface area contributed by atoms with Crippen LogP contribution in [0.25, 0.3) is 11.0 Å². The van der Waals surface area contributed by atoms with Crippen molar-refractivity contribution in [3.63, 3.8) is 0 Å². The van der Waals surface area contributed by atoms with E-state index in [0.717, 1.165) is 17.0 Å². The predicted molar refractivity (Wildman–Crippen MR) is 67.9 cm³/mol. The summed E-state index contributed by atoms with van der Waals surface area (Å²) < 4.78 is 0. The van der Waals surface area contributed by atoms with Crippen molar-refractivity contribution in [1.82, 2.24) is 9.97 Å². The van der Waals surface area contributed by atoms with Gasteiger partial charge in [0.2, 0.25) is 0 Å². The molecule has 1 aromatic carbocycles. The maximum atomic E-state index is 11.1. The smallest absolute Gasteiger partial charge is 0.306 e. The molecule has 1 heterocycles. The van der Waals surface area contributed by atoms with Crippen LogP contribution < -0.4 is 5.69 Å². The molecule has 3 rings (SSSR count). The molecule has 0 saturated heterocycles. The van der Waals surface area contributed by atoms with Crippen LogP contribution in [0.15, 0.2) is 23.0 Å². The SMILES string of the molecule is O=c1[nH]c2ccc(C(Br)C3CCC3)cc2[nH]1. The van der Waals surface area contributed by atoms with Crippen LogP contribution in [0.5, 0.6) is 0 Å². The molecule has 0 aliphatic heterocycles. The summed E-state index contributed by atoms with van der Waals surface area (Å²) in [6.45, 7) is 0. The molecule has 2 N–H and O–H groups in total. The normalized spacial score (nSPS) is 18.6. The standard InChI is InChI=1S/C12H13BrN2O/c13-11(7-2-1-3-7)8-4-5-9-10(6-8)15-12(16)14-9/h4-7,11H,1-3H2,(H2,14,15,16). The minimum atomic E-state index is -0.137. The highest BCUT2D eigenvalue weighted by atomic mass is 79.9. The Labute approximate surface area is 101 Å². The highest BCUT2D eigenvalue weighted by Crippen LogP contribution is 2.43. The lowest BCUT2D eigenvalue weighted by Gasteiger charge is -2.30. The second-order valence-corrected chi connectivity index (χ2v) is 5.46. The number of fused-ring (bicyclic) bond motifs is 1. The van der Waals surface area contributed by atoms with Gasteiger partial charge in [0, 0.05) is 4.83 Å². The van der Waals surface area contributed by atoms with Crippen LogP contribution >= 0.6 is 15.9 Å². The van der Waals surface area contributed by atoms with E-state index in [9.17, 15) is 4.79 Å². The number of alkyl halides is 1. The highest BCUT2D eigenvalue weighted by Gasteiger charge is 2.26. The summed E-state index contributed by atoms with van der Waals surface area (Å²) in [6.07, 6.45) is 3.95. The van der Waals surface area contributed by atoms with Crippen LogP contribution in [0.3, 0.4) is 0 Å². The Morgan fingerprint density at radius 3 is 2.69 bits per heavy atom. The minimum Gasteiger partial charge on any atom is -0.306 e. The lowest BCUT2D eigenvalue weighted by Crippen LogP contribution is -2.16. The summed E-state index contributed by atoms with van der Waals surface area (Å²) >= 11 is 3.75. The molecule has 84 valence electrons. The summed E-state index contributed by atoms with van der Waals surface area (Å²) in [5.74, 6) is 0.753. The van der Waals surface area contributed by atoms with Gasteiger partial charge < -0.3 is 9.97 Å². The molecular weight excluding hydrogens is 268 g/mol. The topological polar surface area (TPSA) is 48.6 Å². The van der Waals surface area contributed by atoms with Crippen LogP contribution in [-0.4, -0.2) is 9.97 Å². The van der Waals surface area contributed by atoms with Crippen molar-refractivity contribution < 1.29 is 0 Å². The zero-order valence-corrected chi connectivity index (χ0v) is 10.4. The quantitative estimate of drug-likeness (QED) is 0.816. The number of benzene rings is 1. The fourth-order valence-electron chi connectivity index (χ4n) is 2.23. The molecule has 4 heteroatoms. The van der Waals surface area contributed by atoms with E-state index in [4.69, 9.17) is 0 Å². The predicted octanol–water partition coefficient (Wildman–Crippen LogP) is 3.09. The zero-order chi connectivity index (χ0) is 11.1. The van der Waals surface area contributed by atoms with E-state index in [1.54, 1.807) is 0 Å². The lowest BCUT2D eigenvalue weighted by molar-refractivity contribution is 0.312. The largest absolute Gasteiger partial charge is 0.323 e. The molecule has 1 unspecified atom stereocenters. The molecule has 0 amide bonds. The van der Waals surface area contributed by atoms with Gasteiger partial charge in [-0.1, -0.05) is 28.4 Å². The first-order chi connectivity index (χ1) is 7.74. The van der Waals surface area contributed by atoms with Crippen LogP contribution in [-0.2, 0) is 0 Å². The van der Waals surface area contributed by atoms with Crippen LogP contribution in [0.4, 0.5) is 0 Å². The number of aromatic amines is 2. The van der Waals surface area contributed by atoms with E-state index < -0.39 is 0 Å². The van der Waals surface area contributed by atoms with Crippen LogP contribution in [0.1, 0.15) is 29.7 Å². The molecule has 1 aliphatic rings. The number of hydrogen-bond donors (Lipinski definition) is 2. The molecule has 2 aromatic rings. The van der Waals surface area contributed by atoms with E-state index in [0.29, 0.717) is 4.83 Å². The fraction of sp³-hybridized carbons (Fsp3) is 0.417. The monoisotopic (exact) mass is 280 g/mol. The van der Waals surface area contributed by atoms with Crippen molar-refractivity contribution in [2.75, 3.05) is 0 Å². The average Bonchev–Trinajstić information content (AvgIpc) is 2.53. The van der Waals surface area contributed by atoms with Gasteiger partial charge >= 0.3 is 5.69 Å². The number of nitrogens with one attached hydrogen (secondary N) is 2. The van der Waals surface area contributed by atoms with Crippen molar-refractivity contribution in [1.29, 1.82) is 0 Å². The van der Waals surface area contributed by atoms with Gasteiger partial charge in [0.25, 0.3) is 0 Å². The Hall–Kier alpha value is -1.03. The Bertz CT molecular complexity index is 568. The average molecular weight is 281 g/mol. The Morgan fingerprint density at radius 2 is 2.00 bits per heavy atom. The summed E-state index contributed by atoms with van der Waals surface area (Å²) in [5, 5.41) is 0. The number of rotatable bonds is 2. The molecule has 1 atom stereocenters. The van der Waals surface area contributed by atoms with Gasteiger partial charge in [-0.15, -0.1) is 0 Å². The number of halogens is 1. The van der Waals surface area contributed by atoms with E-state index in [2.05, 4.69) is 38.0 Å². The molecule has 1 aromatic heterocycles. The van der Waals surface area contributed by atoms with Crippen molar-refractivity contribution >= 4 is 27.0 Å². The van der Waals surface area contributed by atoms with Crippen molar-refractivity contribution in [3.05, 3.63) is 34.2 Å². The van der Waals surface area contributed by atoms with Crippen molar-refractivity contribution in [3.8, 4) is 0 Å². The lowest BCUT2D eigenvalue weighted by atomic mass is 9.81. The summed E-state index contributed by atoms with van der Waals surface area (Å²) in [4.78, 5) is 17.1. The molecular formula is C12H13BrN2O. The summed E-state index contributed by atoms with van der Waals surface area (Å²) in [6, 6.07) is 6.12. The molecule has 0 radical (unpaired) electrons. The third-order valence-electron chi connectivity index (χ3n) is 3.42. The van der Waals surface area contributed by atoms with E-state index in [-0.39, 0.29) is 5.69 Å². The molecule has 3 nitrogen and oxygen atoms in total. The molecule has 1 aliphatic carbocycles. The number of imidazole rings is 1. The fourth-order valence-corrected chi connectivity index (χ4v) is 3.04. The molecule has 16 heavy (non-hydrogen) atoms. The van der Waals surface area contributed by atoms with Crippen LogP contribution in [0, 0.1) is 5.92 Å². The van der Waals surface area contributed by atoms with Gasteiger partial charge in [-0.05, 0) is 36.5 Å². The van der Waals surface area contributed by atoms with Gasteiger partial charge in [-0.2, -0.15) is 0 Å². The van der Waals surface area contributed by atoms with E-state index in [1.807, 2.05) is 6.07 Å². The first-order valence-electron chi connectivity index (χ1n) is 5.60. The Kier molecular flexibility index (Phi) is 2.39. The maximum Gasteiger partial charge on any atom is 0.323 e. The third-order valence-corrected chi connectivity index (χ3v) is 4.70. The maximum absolute atomic E-state index is 11.1. The molecule has 1 fully saturated rings. The number of hydrogen-bond acceptors (Lipinski definition) is 1. The second-order valence-electron chi connectivity index (χ2n) is 4.48. The highest BCUT2D eigenvalue weighted by molar-refractivity contribution is 9.09. The van der Waals surface area contributed by atoms with Gasteiger partial charge in [-0.3, -0.25) is 0 Å². The number of aromatic nitrogens is 2. The van der Waals surface area contributed by atoms with Gasteiger partial charge in [0.05, 0.1) is 11.0 Å². The molecule has 0 spiro atoms.